The van der Waals surface area contributed by atoms with Crippen molar-refractivity contribution < 1.29 is 15.0 Å². The molecule has 2 aromatic rings. The van der Waals surface area contributed by atoms with E-state index in [0.29, 0.717) is 11.5 Å². The van der Waals surface area contributed by atoms with Gasteiger partial charge in [-0.15, -0.1) is 0 Å². The average Bonchev–Trinajstić information content (AvgIpc) is 3.29. The zero-order chi connectivity index (χ0) is 18.3. The molecule has 1 amide bonds. The largest absolute Gasteiger partial charge is 0.342 e. The molecule has 26 heavy (non-hydrogen) atoms. The normalized spacial score (nSPS) is 24.7. The zero-order valence-electron chi connectivity index (χ0n) is 14.9. The van der Waals surface area contributed by atoms with Crippen LogP contribution in [-0.2, 0) is 4.79 Å². The molecule has 0 bridgehead atoms. The molecule has 0 spiro atoms. The van der Waals surface area contributed by atoms with Gasteiger partial charge in [0.05, 0.1) is 5.56 Å². The molecule has 138 valence electrons. The van der Waals surface area contributed by atoms with E-state index >= 15 is 0 Å². The zero-order valence-corrected chi connectivity index (χ0v) is 14.9. The Morgan fingerprint density at radius 3 is 2.58 bits per heavy atom. The molecular formula is C22H25F2NO. The predicted molar refractivity (Wildman–Crippen MR) is 99.7 cm³/mol. The minimum Gasteiger partial charge on any atom is -0.342 e. The van der Waals surface area contributed by atoms with Crippen LogP contribution in [0.3, 0.4) is 0 Å². The third kappa shape index (κ3) is 3.02. The number of benzene rings is 2. The van der Waals surface area contributed by atoms with Gasteiger partial charge in [-0.3, -0.25) is 4.79 Å². The van der Waals surface area contributed by atoms with E-state index in [9.17, 15) is 13.6 Å². The molecule has 1 saturated carbocycles. The molecule has 2 fully saturated rings. The van der Waals surface area contributed by atoms with Gasteiger partial charge in [-0.2, -0.15) is 0 Å². The molecule has 2 aromatic carbocycles. The van der Waals surface area contributed by atoms with Crippen molar-refractivity contribution in [2.24, 2.45) is 11.8 Å². The monoisotopic (exact) mass is 357 g/mol. The van der Waals surface area contributed by atoms with E-state index in [1.807, 2.05) is 17.0 Å². The second kappa shape index (κ2) is 6.82. The van der Waals surface area contributed by atoms with Crippen LogP contribution in [0.5, 0.6) is 0 Å². The van der Waals surface area contributed by atoms with Gasteiger partial charge in [0.1, 0.15) is 11.6 Å². The SMILES string of the molecule is CCC1CCN(C(=O)C2CC2c2ccccc2-c2c(F)cccc2F)C1.[HH]. The number of halogens is 2. The Morgan fingerprint density at radius 2 is 1.88 bits per heavy atom. The first-order valence-corrected chi connectivity index (χ1v) is 9.42. The molecule has 1 aliphatic carbocycles. The number of likely N-dealkylation sites (tertiary alicyclic amines) is 1. The standard InChI is InChI=1S/C22H23F2NO.H2/c1-2-14-10-11-25(13-14)22(26)18-12-17(18)15-6-3-4-7-16(15)21-19(23)8-5-9-20(21)24;/h3-9,14,17-18H,2,10-13H2,1H3;1H. The van der Waals surface area contributed by atoms with Crippen LogP contribution >= 0.6 is 0 Å². The fourth-order valence-electron chi connectivity index (χ4n) is 4.22. The summed E-state index contributed by atoms with van der Waals surface area (Å²) in [6.07, 6.45) is 2.95. The summed E-state index contributed by atoms with van der Waals surface area (Å²) in [5.74, 6) is -0.316. The summed E-state index contributed by atoms with van der Waals surface area (Å²) in [5.41, 5.74) is 1.45. The number of amides is 1. The Kier molecular flexibility index (Phi) is 4.51. The number of carbonyl (C=O) groups is 1. The highest BCUT2D eigenvalue weighted by Crippen LogP contribution is 2.52. The summed E-state index contributed by atoms with van der Waals surface area (Å²) < 4.78 is 28.5. The van der Waals surface area contributed by atoms with Gasteiger partial charge in [0.15, 0.2) is 0 Å². The summed E-state index contributed by atoms with van der Waals surface area (Å²) in [7, 11) is 0. The summed E-state index contributed by atoms with van der Waals surface area (Å²) in [6.45, 7) is 3.85. The van der Waals surface area contributed by atoms with Gasteiger partial charge in [0.25, 0.3) is 0 Å². The van der Waals surface area contributed by atoms with Crippen molar-refractivity contribution in [2.75, 3.05) is 13.1 Å². The van der Waals surface area contributed by atoms with Crippen LogP contribution in [0.15, 0.2) is 42.5 Å². The molecular weight excluding hydrogens is 332 g/mol. The topological polar surface area (TPSA) is 20.3 Å². The molecule has 4 rings (SSSR count). The van der Waals surface area contributed by atoms with Crippen LogP contribution in [0, 0.1) is 23.5 Å². The summed E-state index contributed by atoms with van der Waals surface area (Å²) in [5, 5.41) is 0. The molecule has 2 nitrogen and oxygen atoms in total. The smallest absolute Gasteiger partial charge is 0.226 e. The molecule has 0 aromatic heterocycles. The molecule has 3 unspecified atom stereocenters. The Labute approximate surface area is 154 Å². The molecule has 1 heterocycles. The van der Waals surface area contributed by atoms with E-state index in [1.165, 1.54) is 18.2 Å². The van der Waals surface area contributed by atoms with Gasteiger partial charge in [0, 0.05) is 20.4 Å². The lowest BCUT2D eigenvalue weighted by atomic mass is 9.95. The molecule has 2 aliphatic rings. The number of hydrogen-bond acceptors (Lipinski definition) is 1. The van der Waals surface area contributed by atoms with E-state index in [2.05, 4.69) is 6.92 Å². The minimum atomic E-state index is -0.564. The van der Waals surface area contributed by atoms with Crippen molar-refractivity contribution >= 4 is 5.91 Å². The van der Waals surface area contributed by atoms with Crippen LogP contribution < -0.4 is 0 Å². The van der Waals surface area contributed by atoms with Gasteiger partial charge in [-0.05, 0) is 47.9 Å². The first-order valence-electron chi connectivity index (χ1n) is 9.42. The van der Waals surface area contributed by atoms with E-state index in [1.54, 1.807) is 12.1 Å². The highest BCUT2D eigenvalue weighted by atomic mass is 19.1. The maximum Gasteiger partial charge on any atom is 0.226 e. The molecule has 0 radical (unpaired) electrons. The van der Waals surface area contributed by atoms with Crippen molar-refractivity contribution in [1.29, 1.82) is 0 Å². The van der Waals surface area contributed by atoms with Crippen molar-refractivity contribution in [1.82, 2.24) is 4.90 Å². The predicted octanol–water partition coefficient (Wildman–Crippen LogP) is 5.24. The maximum absolute atomic E-state index is 14.3. The number of rotatable bonds is 4. The van der Waals surface area contributed by atoms with Crippen molar-refractivity contribution in [2.45, 2.75) is 32.1 Å². The fraction of sp³-hybridized carbons (Fsp3) is 0.409. The number of nitrogens with zero attached hydrogens (tertiary/aromatic N) is 1. The molecule has 3 atom stereocenters. The average molecular weight is 357 g/mol. The van der Waals surface area contributed by atoms with Gasteiger partial charge < -0.3 is 4.90 Å². The first kappa shape index (κ1) is 17.2. The highest BCUT2D eigenvalue weighted by Gasteiger charge is 2.47. The number of carbonyl (C=O) groups excluding carboxylic acids is 1. The van der Waals surface area contributed by atoms with Gasteiger partial charge in [0.2, 0.25) is 5.91 Å². The summed E-state index contributed by atoms with van der Waals surface area (Å²) >= 11 is 0. The van der Waals surface area contributed by atoms with Crippen LogP contribution in [0.2, 0.25) is 0 Å². The molecule has 1 aliphatic heterocycles. The Balaban J connectivity index is 0.00000210. The maximum atomic E-state index is 14.3. The molecule has 1 saturated heterocycles. The Morgan fingerprint density at radius 1 is 1.15 bits per heavy atom. The number of hydrogen-bond donors (Lipinski definition) is 0. The highest BCUT2D eigenvalue weighted by molar-refractivity contribution is 5.84. The third-order valence-corrected chi connectivity index (χ3v) is 5.87. The minimum absolute atomic E-state index is 0. The molecule has 4 heteroatoms. The van der Waals surface area contributed by atoms with Gasteiger partial charge >= 0.3 is 0 Å². The molecule has 0 N–H and O–H groups in total. The van der Waals surface area contributed by atoms with Gasteiger partial charge in [-0.25, -0.2) is 8.78 Å². The quantitative estimate of drug-likeness (QED) is 0.733. The third-order valence-electron chi connectivity index (χ3n) is 5.87. The second-order valence-electron chi connectivity index (χ2n) is 7.48. The Hall–Kier alpha value is -2.23. The summed E-state index contributed by atoms with van der Waals surface area (Å²) in [4.78, 5) is 14.8. The van der Waals surface area contributed by atoms with Crippen LogP contribution in [-0.4, -0.2) is 23.9 Å². The second-order valence-corrected chi connectivity index (χ2v) is 7.48. The first-order chi connectivity index (χ1) is 12.6. The fourth-order valence-corrected chi connectivity index (χ4v) is 4.22. The van der Waals surface area contributed by atoms with Crippen LogP contribution in [0.1, 0.15) is 39.1 Å². The van der Waals surface area contributed by atoms with Gasteiger partial charge in [-0.1, -0.05) is 43.7 Å². The van der Waals surface area contributed by atoms with Crippen molar-refractivity contribution in [3.63, 3.8) is 0 Å². The van der Waals surface area contributed by atoms with E-state index in [4.69, 9.17) is 0 Å². The summed E-state index contributed by atoms with van der Waals surface area (Å²) in [6, 6.07) is 11.2. The lowest BCUT2D eigenvalue weighted by Crippen LogP contribution is -2.30. The van der Waals surface area contributed by atoms with Crippen molar-refractivity contribution in [3.05, 3.63) is 59.7 Å². The Bertz CT molecular complexity index is 821. The van der Waals surface area contributed by atoms with Crippen LogP contribution in [0.4, 0.5) is 8.78 Å². The van der Waals surface area contributed by atoms with Crippen LogP contribution in [0.25, 0.3) is 11.1 Å². The van der Waals surface area contributed by atoms with E-state index < -0.39 is 11.6 Å². The van der Waals surface area contributed by atoms with E-state index in [0.717, 1.165) is 37.9 Å². The lowest BCUT2D eigenvalue weighted by molar-refractivity contribution is -0.131. The lowest BCUT2D eigenvalue weighted by Gasteiger charge is -2.17. The van der Waals surface area contributed by atoms with E-state index in [-0.39, 0.29) is 24.7 Å². The van der Waals surface area contributed by atoms with Crippen molar-refractivity contribution in [3.8, 4) is 11.1 Å².